The van der Waals surface area contributed by atoms with E-state index in [1.807, 2.05) is 36.0 Å². The minimum atomic E-state index is -0.360. The quantitative estimate of drug-likeness (QED) is 0.237. The summed E-state index contributed by atoms with van der Waals surface area (Å²) in [5.74, 6) is -0.502. The van der Waals surface area contributed by atoms with Crippen LogP contribution in [0.3, 0.4) is 0 Å². The van der Waals surface area contributed by atoms with Gasteiger partial charge in [-0.25, -0.2) is 18.4 Å². The molecule has 2 fully saturated rings. The highest BCUT2D eigenvalue weighted by Crippen LogP contribution is 2.38. The molecule has 0 saturated carbocycles. The summed E-state index contributed by atoms with van der Waals surface area (Å²) in [4.78, 5) is 29.7. The van der Waals surface area contributed by atoms with E-state index in [1.54, 1.807) is 56.0 Å². The molecule has 2 saturated heterocycles. The Hall–Kier alpha value is -3.28. The molecule has 4 aromatic rings. The summed E-state index contributed by atoms with van der Waals surface area (Å²) in [5.41, 5.74) is 1.87. The van der Waals surface area contributed by atoms with Crippen LogP contribution in [0.25, 0.3) is 16.6 Å². The van der Waals surface area contributed by atoms with Crippen LogP contribution in [0.5, 0.6) is 0 Å². The van der Waals surface area contributed by atoms with Gasteiger partial charge in [0.25, 0.3) is 6.33 Å². The van der Waals surface area contributed by atoms with Gasteiger partial charge in [0.15, 0.2) is 0 Å². The van der Waals surface area contributed by atoms with Gasteiger partial charge < -0.3 is 33.8 Å². The van der Waals surface area contributed by atoms with E-state index in [1.165, 1.54) is 6.07 Å². The lowest BCUT2D eigenvalue weighted by Gasteiger charge is -2.21. The molecule has 2 unspecified atom stereocenters. The molecule has 0 bridgehead atoms. The molecule has 6 rings (SSSR count). The summed E-state index contributed by atoms with van der Waals surface area (Å²) in [7, 11) is 1.86. The Kier molecular flexibility index (Phi) is 5.62. The molecule has 0 aliphatic carbocycles. The van der Waals surface area contributed by atoms with Crippen molar-refractivity contribution < 1.29 is 42.5 Å². The van der Waals surface area contributed by atoms with Crippen LogP contribution in [-0.2, 0) is 11.8 Å². The maximum atomic E-state index is 14.4. The van der Waals surface area contributed by atoms with E-state index in [4.69, 9.17) is 0 Å². The summed E-state index contributed by atoms with van der Waals surface area (Å²) in [6.07, 6.45) is 6.93. The van der Waals surface area contributed by atoms with Gasteiger partial charge in [0.1, 0.15) is 23.9 Å². The fourth-order valence-corrected chi connectivity index (χ4v) is 5.05. The summed E-state index contributed by atoms with van der Waals surface area (Å²) in [6.45, 7) is 1.49. The van der Waals surface area contributed by atoms with Crippen molar-refractivity contribution in [2.24, 2.45) is 18.9 Å². The fourth-order valence-electron chi connectivity index (χ4n) is 5.05. The molecule has 2 aromatic carbocycles. The number of hydrogen-bond donors (Lipinski definition) is 0. The highest BCUT2D eigenvalue weighted by atomic mass is 127. The standard InChI is InChI=1S/C24H22FN6O2.HI/c1-27-9-10-28(15-27)24(33)29-12-16-13-30(23(32)18(16)14-29)20-7-4-8-21-17(20)11-26-31(21)22-6-3-2-5-19(22)25;/h2-11,15-16,18H,12-14H2,1H3;1H/q+1;/p-1. The van der Waals surface area contributed by atoms with Gasteiger partial charge in [0.2, 0.25) is 5.91 Å². The lowest BCUT2D eigenvalue weighted by atomic mass is 10.0. The monoisotopic (exact) mass is 572 g/mol. The number of carbonyl (C=O) groups is 2. The minimum absolute atomic E-state index is 0. The maximum absolute atomic E-state index is 14.4. The van der Waals surface area contributed by atoms with Crippen LogP contribution in [0.2, 0.25) is 0 Å². The van der Waals surface area contributed by atoms with E-state index in [2.05, 4.69) is 5.10 Å². The van der Waals surface area contributed by atoms with Gasteiger partial charge in [0.05, 0.1) is 30.4 Å². The topological polar surface area (TPSA) is 67.2 Å². The van der Waals surface area contributed by atoms with Crippen LogP contribution in [-0.4, -0.2) is 50.8 Å². The Balaban J connectivity index is 0.00000241. The Labute approximate surface area is 212 Å². The van der Waals surface area contributed by atoms with Gasteiger partial charge in [-0.1, -0.05) is 18.2 Å². The fraction of sp³-hybridized carbons (Fsp3) is 0.250. The molecule has 2 atom stereocenters. The van der Waals surface area contributed by atoms with Gasteiger partial charge in [0, 0.05) is 30.9 Å². The zero-order valence-corrected chi connectivity index (χ0v) is 20.5. The molecule has 34 heavy (non-hydrogen) atoms. The molecule has 4 heterocycles. The molecule has 0 spiro atoms. The van der Waals surface area contributed by atoms with Crippen LogP contribution < -0.4 is 33.4 Å². The van der Waals surface area contributed by atoms with Gasteiger partial charge in [-0.15, -0.1) is 0 Å². The number of para-hydroxylation sites is 1. The second-order valence-electron chi connectivity index (χ2n) is 8.71. The zero-order valence-electron chi connectivity index (χ0n) is 18.4. The molecular formula is C24H22FIN6O2. The first-order valence-electron chi connectivity index (χ1n) is 10.9. The Morgan fingerprint density at radius 3 is 2.62 bits per heavy atom. The first-order chi connectivity index (χ1) is 16.0. The van der Waals surface area contributed by atoms with Crippen molar-refractivity contribution in [3.63, 3.8) is 0 Å². The number of likely N-dealkylation sites (tertiary alicyclic amines) is 1. The third-order valence-electron chi connectivity index (χ3n) is 6.66. The van der Waals surface area contributed by atoms with E-state index in [0.29, 0.717) is 25.3 Å². The van der Waals surface area contributed by atoms with Crippen LogP contribution in [0.1, 0.15) is 0 Å². The average molecular weight is 572 g/mol. The number of amides is 2. The highest BCUT2D eigenvalue weighted by Gasteiger charge is 2.49. The molecule has 2 aromatic heterocycles. The third-order valence-corrected chi connectivity index (χ3v) is 6.66. The third kappa shape index (κ3) is 3.47. The SMILES string of the molecule is C[n+]1ccn(C(=O)N2CC3CN(c4cccc5c4cnn5-c4ccccc4F)C(=O)C3C2)c1.[I-]. The lowest BCUT2D eigenvalue weighted by molar-refractivity contribution is -0.670. The number of hydrogen-bond acceptors (Lipinski definition) is 3. The van der Waals surface area contributed by atoms with E-state index in [-0.39, 0.29) is 53.6 Å². The summed E-state index contributed by atoms with van der Waals surface area (Å²) in [6, 6.07) is 12.0. The number of nitrogens with zero attached hydrogens (tertiary/aromatic N) is 6. The number of carbonyl (C=O) groups excluding carboxylic acids is 2. The first-order valence-corrected chi connectivity index (χ1v) is 10.9. The number of imidazole rings is 1. The Morgan fingerprint density at radius 1 is 1.09 bits per heavy atom. The lowest BCUT2D eigenvalue weighted by Crippen LogP contribution is -3.00. The average Bonchev–Trinajstić information content (AvgIpc) is 3.58. The van der Waals surface area contributed by atoms with Gasteiger partial charge in [-0.05, 0) is 24.3 Å². The van der Waals surface area contributed by atoms with Crippen molar-refractivity contribution in [3.05, 3.63) is 73.2 Å². The van der Waals surface area contributed by atoms with Crippen molar-refractivity contribution >= 4 is 28.5 Å². The molecule has 2 amide bonds. The maximum Gasteiger partial charge on any atom is 0.415 e. The van der Waals surface area contributed by atoms with Crippen molar-refractivity contribution in [3.8, 4) is 5.69 Å². The number of anilines is 1. The van der Waals surface area contributed by atoms with E-state index in [0.717, 1.165) is 16.6 Å². The van der Waals surface area contributed by atoms with Crippen molar-refractivity contribution in [1.29, 1.82) is 0 Å². The molecule has 2 aliphatic rings. The molecule has 2 aliphatic heterocycles. The van der Waals surface area contributed by atoms with E-state index in [9.17, 15) is 14.0 Å². The largest absolute Gasteiger partial charge is 1.00 e. The minimum Gasteiger partial charge on any atom is -1.00 e. The van der Waals surface area contributed by atoms with E-state index < -0.39 is 0 Å². The van der Waals surface area contributed by atoms with Crippen molar-refractivity contribution in [2.75, 3.05) is 24.5 Å². The molecule has 174 valence electrons. The number of rotatable bonds is 2. The highest BCUT2D eigenvalue weighted by molar-refractivity contribution is 6.05. The summed E-state index contributed by atoms with van der Waals surface area (Å²) >= 11 is 0. The van der Waals surface area contributed by atoms with Crippen LogP contribution in [0, 0.1) is 17.7 Å². The van der Waals surface area contributed by atoms with Crippen LogP contribution >= 0.6 is 0 Å². The molecule has 0 radical (unpaired) electrons. The summed E-state index contributed by atoms with van der Waals surface area (Å²) < 4.78 is 19.3. The normalized spacial score (nSPS) is 19.5. The predicted molar refractivity (Wildman–Crippen MR) is 118 cm³/mol. The second kappa shape index (κ2) is 8.49. The summed E-state index contributed by atoms with van der Waals surface area (Å²) in [5, 5.41) is 5.20. The van der Waals surface area contributed by atoms with Crippen molar-refractivity contribution in [2.45, 2.75) is 0 Å². The first kappa shape index (κ1) is 22.5. The molecule has 10 heteroatoms. The second-order valence-corrected chi connectivity index (χ2v) is 8.71. The number of fused-ring (bicyclic) bond motifs is 2. The van der Waals surface area contributed by atoms with Gasteiger partial charge >= 0.3 is 6.03 Å². The molecule has 0 N–H and O–H groups in total. The van der Waals surface area contributed by atoms with E-state index >= 15 is 0 Å². The number of benzene rings is 2. The zero-order chi connectivity index (χ0) is 22.7. The number of aromatic nitrogens is 4. The number of aryl methyl sites for hydroxylation is 1. The number of halogens is 2. The van der Waals surface area contributed by atoms with Gasteiger partial charge in [-0.3, -0.25) is 4.79 Å². The molecular weight excluding hydrogens is 550 g/mol. The molecule has 8 nitrogen and oxygen atoms in total. The predicted octanol–water partition coefficient (Wildman–Crippen LogP) is -0.642. The van der Waals surface area contributed by atoms with Crippen molar-refractivity contribution in [1.82, 2.24) is 19.2 Å². The Bertz CT molecular complexity index is 1420. The smallest absolute Gasteiger partial charge is 0.415 e. The van der Waals surface area contributed by atoms with Gasteiger partial charge in [-0.2, -0.15) is 9.67 Å². The Morgan fingerprint density at radius 2 is 1.88 bits per heavy atom. The van der Waals surface area contributed by atoms with Crippen LogP contribution in [0.15, 0.2) is 67.4 Å². The van der Waals surface area contributed by atoms with Crippen LogP contribution in [0.4, 0.5) is 14.9 Å².